The standard InChI is InChI=1S/C17H15FN2O2/c1-19-17(22)13-3-2-4-15(11-13)20-16(21)10-7-12-5-8-14(18)9-6-12/h2-11H,1H3,(H,19,22)(H,20,21)/b10-7+. The van der Waals surface area contributed by atoms with Crippen molar-refractivity contribution in [2.24, 2.45) is 0 Å². The van der Waals surface area contributed by atoms with Gasteiger partial charge in [-0.1, -0.05) is 18.2 Å². The molecule has 4 nitrogen and oxygen atoms in total. The number of amides is 2. The van der Waals surface area contributed by atoms with Crippen LogP contribution in [0.2, 0.25) is 0 Å². The van der Waals surface area contributed by atoms with Crippen LogP contribution in [0.25, 0.3) is 6.08 Å². The van der Waals surface area contributed by atoms with E-state index < -0.39 is 0 Å². The Balaban J connectivity index is 2.02. The van der Waals surface area contributed by atoms with E-state index in [4.69, 9.17) is 0 Å². The minimum absolute atomic E-state index is 0.224. The van der Waals surface area contributed by atoms with Crippen LogP contribution in [0.1, 0.15) is 15.9 Å². The summed E-state index contributed by atoms with van der Waals surface area (Å²) in [5.41, 5.74) is 1.70. The molecule has 2 amide bonds. The van der Waals surface area contributed by atoms with Crippen molar-refractivity contribution in [3.8, 4) is 0 Å². The van der Waals surface area contributed by atoms with E-state index in [1.165, 1.54) is 18.2 Å². The third-order valence-electron chi connectivity index (χ3n) is 2.92. The fourth-order valence-corrected chi connectivity index (χ4v) is 1.81. The van der Waals surface area contributed by atoms with Crippen LogP contribution >= 0.6 is 0 Å². The number of carbonyl (C=O) groups excluding carboxylic acids is 2. The van der Waals surface area contributed by atoms with E-state index in [0.29, 0.717) is 11.3 Å². The Bertz CT molecular complexity index is 709. The first-order valence-corrected chi connectivity index (χ1v) is 6.65. The molecule has 5 heteroatoms. The third kappa shape index (κ3) is 4.28. The van der Waals surface area contributed by atoms with Crippen molar-refractivity contribution in [2.45, 2.75) is 0 Å². The maximum Gasteiger partial charge on any atom is 0.251 e. The van der Waals surface area contributed by atoms with Gasteiger partial charge in [0.15, 0.2) is 0 Å². The summed E-state index contributed by atoms with van der Waals surface area (Å²) in [7, 11) is 1.54. The number of nitrogens with one attached hydrogen (secondary N) is 2. The molecule has 0 aliphatic carbocycles. The van der Waals surface area contributed by atoms with Crippen molar-refractivity contribution < 1.29 is 14.0 Å². The second-order valence-corrected chi connectivity index (χ2v) is 4.53. The van der Waals surface area contributed by atoms with Crippen LogP contribution in [-0.4, -0.2) is 18.9 Å². The van der Waals surface area contributed by atoms with E-state index in [0.717, 1.165) is 5.56 Å². The SMILES string of the molecule is CNC(=O)c1cccc(NC(=O)/C=C/c2ccc(F)cc2)c1. The molecule has 0 saturated heterocycles. The molecule has 0 radical (unpaired) electrons. The summed E-state index contributed by atoms with van der Waals surface area (Å²) in [4.78, 5) is 23.4. The molecule has 2 aromatic rings. The molecule has 2 rings (SSSR count). The van der Waals surface area contributed by atoms with Crippen molar-refractivity contribution in [3.63, 3.8) is 0 Å². The molecule has 0 fully saturated rings. The average molecular weight is 298 g/mol. The summed E-state index contributed by atoms with van der Waals surface area (Å²) in [5, 5.41) is 5.18. The van der Waals surface area contributed by atoms with Gasteiger partial charge in [-0.05, 0) is 42.0 Å². The highest BCUT2D eigenvalue weighted by molar-refractivity contribution is 6.03. The van der Waals surface area contributed by atoms with Gasteiger partial charge in [0, 0.05) is 24.4 Å². The molecule has 0 aromatic heterocycles. The summed E-state index contributed by atoms with van der Waals surface area (Å²) >= 11 is 0. The number of rotatable bonds is 4. The number of hydrogen-bond donors (Lipinski definition) is 2. The molecule has 0 atom stereocenters. The van der Waals surface area contributed by atoms with Gasteiger partial charge in [-0.3, -0.25) is 9.59 Å². The van der Waals surface area contributed by atoms with Crippen LogP contribution in [0.15, 0.2) is 54.6 Å². The first-order chi connectivity index (χ1) is 10.6. The molecular weight excluding hydrogens is 283 g/mol. The van der Waals surface area contributed by atoms with E-state index in [9.17, 15) is 14.0 Å². The molecule has 0 saturated carbocycles. The summed E-state index contributed by atoms with van der Waals surface area (Å²) < 4.78 is 12.8. The Labute approximate surface area is 127 Å². The van der Waals surface area contributed by atoms with Crippen molar-refractivity contribution in [1.29, 1.82) is 0 Å². The lowest BCUT2D eigenvalue weighted by Gasteiger charge is -2.05. The minimum Gasteiger partial charge on any atom is -0.355 e. The lowest BCUT2D eigenvalue weighted by atomic mass is 10.2. The summed E-state index contributed by atoms with van der Waals surface area (Å²) in [5.74, 6) is -0.885. The predicted molar refractivity (Wildman–Crippen MR) is 83.9 cm³/mol. The molecular formula is C17H15FN2O2. The predicted octanol–water partition coefficient (Wildman–Crippen LogP) is 2.84. The van der Waals surface area contributed by atoms with Gasteiger partial charge in [0.25, 0.3) is 5.91 Å². The zero-order valence-corrected chi connectivity index (χ0v) is 12.0. The summed E-state index contributed by atoms with van der Waals surface area (Å²) in [6, 6.07) is 12.4. The monoisotopic (exact) mass is 298 g/mol. The summed E-state index contributed by atoms with van der Waals surface area (Å²) in [6.45, 7) is 0. The zero-order chi connectivity index (χ0) is 15.9. The molecule has 0 spiro atoms. The minimum atomic E-state index is -0.335. The topological polar surface area (TPSA) is 58.2 Å². The largest absolute Gasteiger partial charge is 0.355 e. The van der Waals surface area contributed by atoms with Crippen LogP contribution < -0.4 is 10.6 Å². The Kier molecular flexibility index (Phi) is 5.03. The second-order valence-electron chi connectivity index (χ2n) is 4.53. The quantitative estimate of drug-likeness (QED) is 0.853. The lowest BCUT2D eigenvalue weighted by molar-refractivity contribution is -0.111. The van der Waals surface area contributed by atoms with E-state index in [2.05, 4.69) is 10.6 Å². The van der Waals surface area contributed by atoms with Crippen LogP contribution in [0.5, 0.6) is 0 Å². The Morgan fingerprint density at radius 3 is 2.50 bits per heavy atom. The zero-order valence-electron chi connectivity index (χ0n) is 12.0. The van der Waals surface area contributed by atoms with Gasteiger partial charge in [0.05, 0.1) is 0 Å². The Morgan fingerprint density at radius 2 is 1.82 bits per heavy atom. The van der Waals surface area contributed by atoms with Gasteiger partial charge in [0.1, 0.15) is 5.82 Å². The van der Waals surface area contributed by atoms with Crippen LogP contribution in [-0.2, 0) is 4.79 Å². The molecule has 2 N–H and O–H groups in total. The average Bonchev–Trinajstić information content (AvgIpc) is 2.54. The van der Waals surface area contributed by atoms with Crippen molar-refractivity contribution in [1.82, 2.24) is 5.32 Å². The lowest BCUT2D eigenvalue weighted by Crippen LogP contribution is -2.18. The van der Waals surface area contributed by atoms with Crippen LogP contribution in [0.3, 0.4) is 0 Å². The van der Waals surface area contributed by atoms with Gasteiger partial charge < -0.3 is 10.6 Å². The van der Waals surface area contributed by atoms with Gasteiger partial charge in [0.2, 0.25) is 5.91 Å². The summed E-state index contributed by atoms with van der Waals surface area (Å²) in [6.07, 6.45) is 2.93. The highest BCUT2D eigenvalue weighted by Gasteiger charge is 2.04. The second kappa shape index (κ2) is 7.17. The van der Waals surface area contributed by atoms with E-state index in [1.807, 2.05) is 0 Å². The molecule has 22 heavy (non-hydrogen) atoms. The van der Waals surface area contributed by atoms with Gasteiger partial charge >= 0.3 is 0 Å². The Morgan fingerprint density at radius 1 is 1.09 bits per heavy atom. The number of hydrogen-bond acceptors (Lipinski definition) is 2. The van der Waals surface area contributed by atoms with Crippen LogP contribution in [0, 0.1) is 5.82 Å². The fourth-order valence-electron chi connectivity index (χ4n) is 1.81. The number of halogens is 1. The maximum atomic E-state index is 12.8. The van der Waals surface area contributed by atoms with Crippen molar-refractivity contribution >= 4 is 23.6 Å². The smallest absolute Gasteiger partial charge is 0.251 e. The first kappa shape index (κ1) is 15.4. The molecule has 0 aliphatic heterocycles. The van der Waals surface area contributed by atoms with Crippen molar-refractivity contribution in [3.05, 3.63) is 71.6 Å². The first-order valence-electron chi connectivity index (χ1n) is 6.65. The molecule has 2 aromatic carbocycles. The third-order valence-corrected chi connectivity index (χ3v) is 2.92. The van der Waals surface area contributed by atoms with E-state index >= 15 is 0 Å². The molecule has 0 unspecified atom stereocenters. The highest BCUT2D eigenvalue weighted by atomic mass is 19.1. The van der Waals surface area contributed by atoms with E-state index in [1.54, 1.807) is 49.5 Å². The number of anilines is 1. The van der Waals surface area contributed by atoms with E-state index in [-0.39, 0.29) is 17.6 Å². The normalized spacial score (nSPS) is 10.5. The molecule has 0 bridgehead atoms. The van der Waals surface area contributed by atoms with Crippen molar-refractivity contribution in [2.75, 3.05) is 12.4 Å². The van der Waals surface area contributed by atoms with Gasteiger partial charge in [-0.2, -0.15) is 0 Å². The number of benzene rings is 2. The molecule has 112 valence electrons. The molecule has 0 heterocycles. The Hall–Kier alpha value is -2.95. The highest BCUT2D eigenvalue weighted by Crippen LogP contribution is 2.11. The van der Waals surface area contributed by atoms with Gasteiger partial charge in [-0.25, -0.2) is 4.39 Å². The number of carbonyl (C=O) groups is 2. The fraction of sp³-hybridized carbons (Fsp3) is 0.0588. The van der Waals surface area contributed by atoms with Crippen LogP contribution in [0.4, 0.5) is 10.1 Å². The van der Waals surface area contributed by atoms with Gasteiger partial charge in [-0.15, -0.1) is 0 Å². The maximum absolute atomic E-state index is 12.8. The molecule has 0 aliphatic rings.